The molecular formula is C18H21BrClN. The second kappa shape index (κ2) is 7.98. The van der Waals surface area contributed by atoms with E-state index >= 15 is 0 Å². The van der Waals surface area contributed by atoms with Gasteiger partial charge in [0.2, 0.25) is 0 Å². The van der Waals surface area contributed by atoms with E-state index in [1.807, 2.05) is 12.1 Å². The summed E-state index contributed by atoms with van der Waals surface area (Å²) in [4.78, 5) is 0. The number of rotatable bonds is 6. The monoisotopic (exact) mass is 365 g/mol. The Balaban J connectivity index is 2.30. The maximum atomic E-state index is 6.49. The van der Waals surface area contributed by atoms with Crippen molar-refractivity contribution in [2.24, 2.45) is 0 Å². The zero-order chi connectivity index (χ0) is 15.2. The van der Waals surface area contributed by atoms with Crippen LogP contribution in [0.3, 0.4) is 0 Å². The van der Waals surface area contributed by atoms with Crippen molar-refractivity contribution in [2.45, 2.75) is 32.7 Å². The van der Waals surface area contributed by atoms with E-state index < -0.39 is 0 Å². The van der Waals surface area contributed by atoms with Gasteiger partial charge in [0.15, 0.2) is 0 Å². The molecule has 0 bridgehead atoms. The van der Waals surface area contributed by atoms with Gasteiger partial charge in [-0.2, -0.15) is 0 Å². The van der Waals surface area contributed by atoms with Gasteiger partial charge in [0.05, 0.1) is 5.02 Å². The highest BCUT2D eigenvalue weighted by Gasteiger charge is 2.16. The van der Waals surface area contributed by atoms with Crippen molar-refractivity contribution in [3.05, 3.63) is 68.7 Å². The molecule has 2 rings (SSSR count). The molecule has 1 N–H and O–H groups in total. The quantitative estimate of drug-likeness (QED) is 0.692. The van der Waals surface area contributed by atoms with Gasteiger partial charge in [-0.15, -0.1) is 0 Å². The van der Waals surface area contributed by atoms with Gasteiger partial charge in [-0.1, -0.05) is 54.9 Å². The van der Waals surface area contributed by atoms with Crippen molar-refractivity contribution in [1.82, 2.24) is 5.32 Å². The van der Waals surface area contributed by atoms with Crippen LogP contribution in [0, 0.1) is 6.92 Å². The average molecular weight is 367 g/mol. The van der Waals surface area contributed by atoms with Crippen LogP contribution in [0.4, 0.5) is 0 Å². The molecule has 0 fully saturated rings. The van der Waals surface area contributed by atoms with Gasteiger partial charge in [0, 0.05) is 10.5 Å². The molecule has 0 aliphatic rings. The Labute approximate surface area is 140 Å². The first-order valence-corrected chi connectivity index (χ1v) is 8.52. The molecule has 2 aromatic rings. The summed E-state index contributed by atoms with van der Waals surface area (Å²) < 4.78 is 0.953. The standard InChI is InChI=1S/C18H21BrClN/c1-3-11-21-17(12-14-8-5-4-7-13(14)2)15-9-6-10-16(19)18(15)20/h4-10,17,21H,3,11-12H2,1-2H3. The number of benzene rings is 2. The van der Waals surface area contributed by atoms with E-state index in [1.54, 1.807) is 0 Å². The van der Waals surface area contributed by atoms with Crippen molar-refractivity contribution in [3.8, 4) is 0 Å². The summed E-state index contributed by atoms with van der Waals surface area (Å²) in [5, 5.41) is 4.43. The molecule has 21 heavy (non-hydrogen) atoms. The third kappa shape index (κ3) is 4.32. The Hall–Kier alpha value is -0.830. The third-order valence-electron chi connectivity index (χ3n) is 3.68. The van der Waals surface area contributed by atoms with Crippen LogP contribution in [0.15, 0.2) is 46.9 Å². The second-order valence-corrected chi connectivity index (χ2v) is 6.51. The molecular weight excluding hydrogens is 346 g/mol. The fourth-order valence-electron chi connectivity index (χ4n) is 2.46. The third-order valence-corrected chi connectivity index (χ3v) is 4.99. The molecule has 0 amide bonds. The molecule has 1 atom stereocenters. The highest BCUT2D eigenvalue weighted by Crippen LogP contribution is 2.32. The van der Waals surface area contributed by atoms with Crippen molar-refractivity contribution in [1.29, 1.82) is 0 Å². The first-order valence-electron chi connectivity index (χ1n) is 7.35. The Morgan fingerprint density at radius 1 is 1.14 bits per heavy atom. The van der Waals surface area contributed by atoms with E-state index in [9.17, 15) is 0 Å². The molecule has 0 aromatic heterocycles. The van der Waals surface area contributed by atoms with Gasteiger partial charge in [-0.25, -0.2) is 0 Å². The Morgan fingerprint density at radius 2 is 1.90 bits per heavy atom. The predicted molar refractivity (Wildman–Crippen MR) is 95.1 cm³/mol. The smallest absolute Gasteiger partial charge is 0.0595 e. The van der Waals surface area contributed by atoms with Crippen LogP contribution in [0.25, 0.3) is 0 Å². The predicted octanol–water partition coefficient (Wildman–Crippen LogP) is 5.69. The molecule has 0 saturated carbocycles. The summed E-state index contributed by atoms with van der Waals surface area (Å²) in [6.07, 6.45) is 2.05. The molecule has 0 saturated heterocycles. The van der Waals surface area contributed by atoms with Crippen LogP contribution >= 0.6 is 27.5 Å². The number of aryl methyl sites for hydroxylation is 1. The molecule has 0 spiro atoms. The van der Waals surface area contributed by atoms with Gasteiger partial charge in [0.25, 0.3) is 0 Å². The first-order chi connectivity index (χ1) is 10.1. The van der Waals surface area contributed by atoms with Gasteiger partial charge >= 0.3 is 0 Å². The van der Waals surface area contributed by atoms with Crippen molar-refractivity contribution >= 4 is 27.5 Å². The largest absolute Gasteiger partial charge is 0.310 e. The van der Waals surface area contributed by atoms with Crippen LogP contribution in [-0.4, -0.2) is 6.54 Å². The Bertz CT molecular complexity index is 598. The summed E-state index contributed by atoms with van der Waals surface area (Å²) in [6.45, 7) is 5.33. The van der Waals surface area contributed by atoms with Crippen molar-refractivity contribution in [2.75, 3.05) is 6.54 Å². The van der Waals surface area contributed by atoms with E-state index in [0.717, 1.165) is 34.4 Å². The molecule has 1 nitrogen and oxygen atoms in total. The van der Waals surface area contributed by atoms with Crippen LogP contribution in [0.1, 0.15) is 36.1 Å². The lowest BCUT2D eigenvalue weighted by molar-refractivity contribution is 0.528. The van der Waals surface area contributed by atoms with Crippen LogP contribution in [0.5, 0.6) is 0 Å². The van der Waals surface area contributed by atoms with Crippen LogP contribution < -0.4 is 5.32 Å². The van der Waals surface area contributed by atoms with E-state index in [4.69, 9.17) is 11.6 Å². The van der Waals surface area contributed by atoms with Gasteiger partial charge in [-0.05, 0) is 65.0 Å². The summed E-state index contributed by atoms with van der Waals surface area (Å²) in [5.74, 6) is 0. The minimum absolute atomic E-state index is 0.232. The number of hydrogen-bond donors (Lipinski definition) is 1. The van der Waals surface area contributed by atoms with Gasteiger partial charge in [0.1, 0.15) is 0 Å². The van der Waals surface area contributed by atoms with E-state index in [-0.39, 0.29) is 6.04 Å². The molecule has 3 heteroatoms. The summed E-state index contributed by atoms with van der Waals surface area (Å²) in [5.41, 5.74) is 3.84. The maximum Gasteiger partial charge on any atom is 0.0595 e. The highest BCUT2D eigenvalue weighted by atomic mass is 79.9. The molecule has 0 aliphatic heterocycles. The maximum absolute atomic E-state index is 6.49. The van der Waals surface area contributed by atoms with E-state index in [1.165, 1.54) is 11.1 Å². The number of hydrogen-bond acceptors (Lipinski definition) is 1. The minimum atomic E-state index is 0.232. The topological polar surface area (TPSA) is 12.0 Å². The summed E-state index contributed by atoms with van der Waals surface area (Å²) in [7, 11) is 0. The lowest BCUT2D eigenvalue weighted by atomic mass is 9.96. The molecule has 1 unspecified atom stereocenters. The zero-order valence-corrected chi connectivity index (χ0v) is 14.8. The fourth-order valence-corrected chi connectivity index (χ4v) is 3.10. The second-order valence-electron chi connectivity index (χ2n) is 5.28. The molecule has 0 radical (unpaired) electrons. The SMILES string of the molecule is CCCNC(Cc1ccccc1C)c1cccc(Br)c1Cl. The lowest BCUT2D eigenvalue weighted by Gasteiger charge is -2.22. The zero-order valence-electron chi connectivity index (χ0n) is 12.5. The fraction of sp³-hybridized carbons (Fsp3) is 0.333. The molecule has 0 aliphatic carbocycles. The highest BCUT2D eigenvalue weighted by molar-refractivity contribution is 9.10. The lowest BCUT2D eigenvalue weighted by Crippen LogP contribution is -2.24. The molecule has 2 aromatic carbocycles. The van der Waals surface area contributed by atoms with Gasteiger partial charge < -0.3 is 5.32 Å². The summed E-state index contributed by atoms with van der Waals surface area (Å²) >= 11 is 10.0. The normalized spacial score (nSPS) is 12.4. The number of halogens is 2. The Kier molecular flexibility index (Phi) is 6.28. The van der Waals surface area contributed by atoms with Crippen LogP contribution in [0.2, 0.25) is 5.02 Å². The van der Waals surface area contributed by atoms with Crippen LogP contribution in [-0.2, 0) is 6.42 Å². The first kappa shape index (κ1) is 16.5. The minimum Gasteiger partial charge on any atom is -0.310 e. The summed E-state index contributed by atoms with van der Waals surface area (Å²) in [6, 6.07) is 14.9. The van der Waals surface area contributed by atoms with Gasteiger partial charge in [-0.3, -0.25) is 0 Å². The van der Waals surface area contributed by atoms with Crippen molar-refractivity contribution < 1.29 is 0 Å². The molecule has 112 valence electrons. The average Bonchev–Trinajstić information content (AvgIpc) is 2.48. The van der Waals surface area contributed by atoms with Crippen molar-refractivity contribution in [3.63, 3.8) is 0 Å². The van der Waals surface area contributed by atoms with E-state index in [2.05, 4.69) is 65.4 Å². The van der Waals surface area contributed by atoms with E-state index in [0.29, 0.717) is 0 Å². The Morgan fingerprint density at radius 3 is 2.62 bits per heavy atom. The number of nitrogens with one attached hydrogen (secondary N) is 1. The molecule has 0 heterocycles.